The highest BCUT2D eigenvalue weighted by atomic mass is 28.2. The lowest BCUT2D eigenvalue weighted by Gasteiger charge is -2.22. The van der Waals surface area contributed by atoms with Crippen LogP contribution in [0.1, 0.15) is 72.9 Å². The standard InChI is InChI=1S/C50H46Si/c1-5-35-17-13-15-23-39(35)49-41(37-19-9-7-10-20-37)25-27-43-45(49)29-33(3)47(43)31-51-32-48-34(4)30-46-44(48)28-26-42(38-21-11-8-12-22-38)50(46)40-24-16-14-18-36(40)6-2/h7-30,47-48H,5-6,31-32H2,1-4H3. The summed E-state index contributed by atoms with van der Waals surface area (Å²) in [5.41, 5.74) is 22.5. The quantitative estimate of drug-likeness (QED) is 0.127. The van der Waals surface area contributed by atoms with E-state index in [1.54, 1.807) is 0 Å². The van der Waals surface area contributed by atoms with Crippen LogP contribution in [-0.2, 0) is 12.8 Å². The normalized spacial score (nSPS) is 16.1. The first-order valence-corrected chi connectivity index (χ1v) is 20.2. The van der Waals surface area contributed by atoms with Gasteiger partial charge in [-0.05, 0) is 105 Å². The van der Waals surface area contributed by atoms with Crippen molar-refractivity contribution in [3.63, 3.8) is 0 Å². The van der Waals surface area contributed by atoms with E-state index in [1.165, 1.54) is 101 Å². The van der Waals surface area contributed by atoms with Gasteiger partial charge in [0.25, 0.3) is 0 Å². The van der Waals surface area contributed by atoms with E-state index in [9.17, 15) is 0 Å². The Morgan fingerprint density at radius 3 is 1.24 bits per heavy atom. The number of aryl methyl sites for hydroxylation is 2. The Labute approximate surface area is 307 Å². The molecule has 0 spiro atoms. The molecule has 0 heterocycles. The van der Waals surface area contributed by atoms with Gasteiger partial charge in [-0.15, -0.1) is 0 Å². The van der Waals surface area contributed by atoms with Crippen molar-refractivity contribution in [1.29, 1.82) is 0 Å². The van der Waals surface area contributed by atoms with Crippen LogP contribution in [0, 0.1) is 0 Å². The molecule has 0 fully saturated rings. The Bertz CT molecular complexity index is 2110. The number of benzene rings is 6. The molecule has 2 aliphatic rings. The highest BCUT2D eigenvalue weighted by molar-refractivity contribution is 6.36. The Balaban J connectivity index is 1.12. The predicted octanol–water partition coefficient (Wildman–Crippen LogP) is 13.7. The summed E-state index contributed by atoms with van der Waals surface area (Å²) in [6, 6.07) is 52.0. The fourth-order valence-corrected chi connectivity index (χ4v) is 10.5. The molecule has 2 atom stereocenters. The van der Waals surface area contributed by atoms with Gasteiger partial charge >= 0.3 is 0 Å². The highest BCUT2D eigenvalue weighted by Crippen LogP contribution is 2.50. The first-order valence-electron chi connectivity index (χ1n) is 18.8. The molecule has 0 saturated carbocycles. The Morgan fingerprint density at radius 2 is 0.824 bits per heavy atom. The number of allylic oxidation sites excluding steroid dienone is 2. The minimum Gasteiger partial charge on any atom is -0.0655 e. The summed E-state index contributed by atoms with van der Waals surface area (Å²) in [4.78, 5) is 0. The summed E-state index contributed by atoms with van der Waals surface area (Å²) in [5, 5.41) is 0. The maximum atomic E-state index is 2.51. The van der Waals surface area contributed by atoms with E-state index in [-0.39, 0.29) is 0 Å². The first kappa shape index (κ1) is 33.2. The molecule has 6 aromatic rings. The molecule has 0 saturated heterocycles. The summed E-state index contributed by atoms with van der Waals surface area (Å²) in [7, 11) is 0.877. The number of hydrogen-bond acceptors (Lipinski definition) is 0. The van der Waals surface area contributed by atoms with Crippen LogP contribution in [0.3, 0.4) is 0 Å². The Morgan fingerprint density at radius 1 is 0.431 bits per heavy atom. The van der Waals surface area contributed by atoms with Crippen LogP contribution in [0.4, 0.5) is 0 Å². The van der Waals surface area contributed by atoms with E-state index in [1.807, 2.05) is 0 Å². The first-order chi connectivity index (χ1) is 25.1. The molecule has 0 bridgehead atoms. The lowest BCUT2D eigenvalue weighted by atomic mass is 9.85. The van der Waals surface area contributed by atoms with Crippen LogP contribution in [0.25, 0.3) is 56.7 Å². The van der Waals surface area contributed by atoms with Gasteiger partial charge < -0.3 is 0 Å². The van der Waals surface area contributed by atoms with Gasteiger partial charge in [0.2, 0.25) is 0 Å². The van der Waals surface area contributed by atoms with Crippen molar-refractivity contribution in [1.82, 2.24) is 0 Å². The van der Waals surface area contributed by atoms with Gasteiger partial charge in [-0.1, -0.05) is 183 Å². The lowest BCUT2D eigenvalue weighted by molar-refractivity contribution is 0.876. The maximum absolute atomic E-state index is 2.51. The molecule has 0 aliphatic heterocycles. The average molecular weight is 675 g/mol. The molecule has 2 radical (unpaired) electrons. The molecular formula is C50H46Si. The highest BCUT2D eigenvalue weighted by Gasteiger charge is 2.30. The van der Waals surface area contributed by atoms with Crippen LogP contribution >= 0.6 is 0 Å². The van der Waals surface area contributed by atoms with Crippen LogP contribution in [0.5, 0.6) is 0 Å². The zero-order valence-electron chi connectivity index (χ0n) is 30.3. The van der Waals surface area contributed by atoms with Gasteiger partial charge in [0, 0.05) is 21.4 Å². The largest absolute Gasteiger partial charge is 0.0655 e. The molecule has 0 nitrogen and oxygen atoms in total. The van der Waals surface area contributed by atoms with Crippen molar-refractivity contribution in [3.05, 3.63) is 178 Å². The fraction of sp³-hybridized carbons (Fsp3) is 0.200. The Hall–Kier alpha value is -4.98. The van der Waals surface area contributed by atoms with Gasteiger partial charge in [-0.3, -0.25) is 0 Å². The average Bonchev–Trinajstić information content (AvgIpc) is 3.68. The van der Waals surface area contributed by atoms with Crippen molar-refractivity contribution in [2.24, 2.45) is 0 Å². The minimum absolute atomic E-state index is 0.466. The number of rotatable bonds is 10. The summed E-state index contributed by atoms with van der Waals surface area (Å²) in [6.45, 7) is 9.29. The predicted molar refractivity (Wildman–Crippen MR) is 222 cm³/mol. The SMILES string of the molecule is CCc1ccccc1-c1c(-c2ccccc2)ccc2c1C=C(C)C2C[Si]CC1C(C)=Cc2c1ccc(-c1ccccc1)c2-c1ccccc1CC. The molecule has 250 valence electrons. The van der Waals surface area contributed by atoms with E-state index in [0.717, 1.165) is 22.4 Å². The van der Waals surface area contributed by atoms with E-state index in [4.69, 9.17) is 0 Å². The van der Waals surface area contributed by atoms with Crippen molar-refractivity contribution >= 4 is 21.7 Å². The third-order valence-corrected chi connectivity index (χ3v) is 12.7. The Kier molecular flexibility index (Phi) is 9.32. The van der Waals surface area contributed by atoms with Gasteiger partial charge in [0.15, 0.2) is 0 Å². The van der Waals surface area contributed by atoms with E-state index < -0.39 is 0 Å². The second kappa shape index (κ2) is 14.3. The summed E-state index contributed by atoms with van der Waals surface area (Å²) in [6.07, 6.45) is 7.07. The third-order valence-electron chi connectivity index (χ3n) is 11.4. The van der Waals surface area contributed by atoms with Crippen LogP contribution < -0.4 is 0 Å². The number of fused-ring (bicyclic) bond motifs is 2. The zero-order valence-corrected chi connectivity index (χ0v) is 31.3. The third kappa shape index (κ3) is 6.08. The molecule has 51 heavy (non-hydrogen) atoms. The van der Waals surface area contributed by atoms with Crippen molar-refractivity contribution in [3.8, 4) is 44.5 Å². The second-order valence-corrected chi connectivity index (χ2v) is 15.6. The molecule has 2 unspecified atom stereocenters. The van der Waals surface area contributed by atoms with Crippen molar-refractivity contribution < 1.29 is 0 Å². The molecule has 8 rings (SSSR count). The van der Waals surface area contributed by atoms with Crippen LogP contribution in [0.2, 0.25) is 12.1 Å². The fourth-order valence-electron chi connectivity index (χ4n) is 8.69. The molecular weight excluding hydrogens is 629 g/mol. The summed E-state index contributed by atoms with van der Waals surface area (Å²) >= 11 is 0. The summed E-state index contributed by atoms with van der Waals surface area (Å²) < 4.78 is 0. The van der Waals surface area contributed by atoms with Crippen molar-refractivity contribution in [2.45, 2.75) is 64.5 Å². The van der Waals surface area contributed by atoms with Gasteiger partial charge in [0.05, 0.1) is 0 Å². The molecule has 0 aromatic heterocycles. The molecule has 0 amide bonds. The maximum Gasteiger partial charge on any atom is 0.0397 e. The monoisotopic (exact) mass is 674 g/mol. The van der Waals surface area contributed by atoms with Gasteiger partial charge in [0.1, 0.15) is 0 Å². The topological polar surface area (TPSA) is 0 Å². The summed E-state index contributed by atoms with van der Waals surface area (Å²) in [5.74, 6) is 0.932. The van der Waals surface area contributed by atoms with Gasteiger partial charge in [-0.25, -0.2) is 0 Å². The van der Waals surface area contributed by atoms with Crippen molar-refractivity contribution in [2.75, 3.05) is 0 Å². The van der Waals surface area contributed by atoms with Crippen LogP contribution in [-0.4, -0.2) is 9.52 Å². The number of hydrogen-bond donors (Lipinski definition) is 0. The second-order valence-electron chi connectivity index (χ2n) is 14.3. The van der Waals surface area contributed by atoms with Crippen LogP contribution in [0.15, 0.2) is 145 Å². The minimum atomic E-state index is 0.466. The molecule has 0 N–H and O–H groups in total. The van der Waals surface area contributed by atoms with Gasteiger partial charge in [-0.2, -0.15) is 0 Å². The molecule has 2 aliphatic carbocycles. The smallest absolute Gasteiger partial charge is 0.0397 e. The van der Waals surface area contributed by atoms with E-state index in [0.29, 0.717) is 11.8 Å². The lowest BCUT2D eigenvalue weighted by Crippen LogP contribution is -2.07. The molecule has 1 heteroatoms. The molecule has 6 aromatic carbocycles. The van der Waals surface area contributed by atoms with E-state index in [2.05, 4.69) is 173 Å². The zero-order chi connectivity index (χ0) is 34.9. The van der Waals surface area contributed by atoms with E-state index >= 15 is 0 Å².